The lowest BCUT2D eigenvalue weighted by molar-refractivity contribution is 0.0793. The number of fused-ring (bicyclic) bond motifs is 1. The van der Waals surface area contributed by atoms with Gasteiger partial charge in [0, 0.05) is 20.1 Å². The van der Waals surface area contributed by atoms with Crippen molar-refractivity contribution in [1.29, 1.82) is 0 Å². The molecule has 2 rings (SSSR count). The first-order valence-electron chi connectivity index (χ1n) is 5.62. The van der Waals surface area contributed by atoms with Crippen LogP contribution in [0.4, 0.5) is 0 Å². The Hall–Kier alpha value is -1.55. The van der Waals surface area contributed by atoms with Gasteiger partial charge in [0.15, 0.2) is 0 Å². The maximum Gasteiger partial charge on any atom is 0.270 e. The summed E-state index contributed by atoms with van der Waals surface area (Å²) >= 11 is 1.66. The van der Waals surface area contributed by atoms with Crippen LogP contribution in [0, 0.1) is 0 Å². The van der Waals surface area contributed by atoms with Gasteiger partial charge in [-0.15, -0.1) is 17.9 Å². The van der Waals surface area contributed by atoms with E-state index in [1.165, 1.54) is 0 Å². The summed E-state index contributed by atoms with van der Waals surface area (Å²) in [7, 11) is 1.82. The Labute approximate surface area is 105 Å². The molecule has 0 N–H and O–H groups in total. The molecule has 0 aliphatic heterocycles. The van der Waals surface area contributed by atoms with Crippen LogP contribution in [0.3, 0.4) is 0 Å². The van der Waals surface area contributed by atoms with E-state index in [9.17, 15) is 4.79 Å². The molecule has 90 valence electrons. The van der Waals surface area contributed by atoms with E-state index in [2.05, 4.69) is 6.58 Å². The van der Waals surface area contributed by atoms with Crippen LogP contribution in [0.25, 0.3) is 10.2 Å². The highest BCUT2D eigenvalue weighted by Gasteiger charge is 2.17. The van der Waals surface area contributed by atoms with Gasteiger partial charge >= 0.3 is 0 Å². The van der Waals surface area contributed by atoms with Crippen molar-refractivity contribution < 1.29 is 4.79 Å². The summed E-state index contributed by atoms with van der Waals surface area (Å²) in [5, 5.41) is 2.04. The summed E-state index contributed by atoms with van der Waals surface area (Å²) in [5.41, 5.74) is 1.86. The van der Waals surface area contributed by atoms with Crippen molar-refractivity contribution in [2.45, 2.75) is 13.5 Å². The van der Waals surface area contributed by atoms with Crippen molar-refractivity contribution in [3.8, 4) is 0 Å². The fourth-order valence-electron chi connectivity index (χ4n) is 1.82. The number of allylic oxidation sites excluding steroid dienone is 1. The molecule has 0 unspecified atom stereocenters. The number of hydrogen-bond acceptors (Lipinski definition) is 2. The molecule has 0 radical (unpaired) electrons. The Balaban J connectivity index is 2.51. The smallest absolute Gasteiger partial charge is 0.270 e. The minimum absolute atomic E-state index is 0.0674. The van der Waals surface area contributed by atoms with Crippen LogP contribution in [0.15, 0.2) is 30.2 Å². The fourth-order valence-corrected chi connectivity index (χ4v) is 2.64. The van der Waals surface area contributed by atoms with Crippen LogP contribution in [-0.2, 0) is 6.54 Å². The van der Waals surface area contributed by atoms with Crippen LogP contribution in [0.1, 0.15) is 17.4 Å². The SMILES string of the molecule is C=CCn1c(C(=O)N(C)CC)cc2sccc21. The Morgan fingerprint density at radius 1 is 1.65 bits per heavy atom. The first kappa shape index (κ1) is 11.9. The molecule has 0 spiro atoms. The maximum atomic E-state index is 12.2. The summed E-state index contributed by atoms with van der Waals surface area (Å²) in [4.78, 5) is 13.9. The Bertz CT molecular complexity index is 553. The molecule has 0 aromatic carbocycles. The number of carbonyl (C=O) groups excluding carboxylic acids is 1. The Morgan fingerprint density at radius 2 is 2.41 bits per heavy atom. The molecule has 4 heteroatoms. The molecule has 0 bridgehead atoms. The maximum absolute atomic E-state index is 12.2. The van der Waals surface area contributed by atoms with Crippen LogP contribution in [0.5, 0.6) is 0 Å². The van der Waals surface area contributed by atoms with E-state index < -0.39 is 0 Å². The van der Waals surface area contributed by atoms with Gasteiger partial charge < -0.3 is 9.47 Å². The Morgan fingerprint density at radius 3 is 3.06 bits per heavy atom. The van der Waals surface area contributed by atoms with Gasteiger partial charge in [0.25, 0.3) is 5.91 Å². The monoisotopic (exact) mass is 248 g/mol. The third-order valence-corrected chi connectivity index (χ3v) is 3.73. The lowest BCUT2D eigenvalue weighted by Crippen LogP contribution is -2.28. The van der Waals surface area contributed by atoms with Gasteiger partial charge in [-0.3, -0.25) is 4.79 Å². The van der Waals surface area contributed by atoms with E-state index in [1.807, 2.05) is 42.1 Å². The van der Waals surface area contributed by atoms with Crippen LogP contribution < -0.4 is 0 Å². The molecule has 1 amide bonds. The molecule has 17 heavy (non-hydrogen) atoms. The van der Waals surface area contributed by atoms with Gasteiger partial charge in [-0.25, -0.2) is 0 Å². The third-order valence-electron chi connectivity index (χ3n) is 2.87. The first-order chi connectivity index (χ1) is 8.19. The number of carbonyl (C=O) groups is 1. The summed E-state index contributed by atoms with van der Waals surface area (Å²) in [5.74, 6) is 0.0674. The predicted octanol–water partition coefficient (Wildman–Crippen LogP) is 2.98. The lowest BCUT2D eigenvalue weighted by Gasteiger charge is -2.15. The average molecular weight is 248 g/mol. The van der Waals surface area contributed by atoms with E-state index in [4.69, 9.17) is 0 Å². The number of amides is 1. The van der Waals surface area contributed by atoms with Crippen molar-refractivity contribution in [3.63, 3.8) is 0 Å². The summed E-state index contributed by atoms with van der Waals surface area (Å²) in [6, 6.07) is 4.02. The predicted molar refractivity (Wildman–Crippen MR) is 72.6 cm³/mol. The largest absolute Gasteiger partial charge is 0.341 e. The summed E-state index contributed by atoms with van der Waals surface area (Å²) in [6.07, 6.45) is 1.82. The summed E-state index contributed by atoms with van der Waals surface area (Å²) < 4.78 is 3.17. The number of thiophene rings is 1. The summed E-state index contributed by atoms with van der Waals surface area (Å²) in [6.45, 7) is 7.10. The van der Waals surface area contributed by atoms with Crippen molar-refractivity contribution in [2.24, 2.45) is 0 Å². The van der Waals surface area contributed by atoms with Crippen LogP contribution in [-0.4, -0.2) is 29.0 Å². The van der Waals surface area contributed by atoms with Gasteiger partial charge in [0.1, 0.15) is 5.69 Å². The fraction of sp³-hybridized carbons (Fsp3) is 0.308. The van der Waals surface area contributed by atoms with Gasteiger partial charge in [0.05, 0.1) is 10.2 Å². The number of rotatable bonds is 4. The second-order valence-electron chi connectivity index (χ2n) is 3.92. The molecule has 0 saturated heterocycles. The number of aromatic nitrogens is 1. The average Bonchev–Trinajstić information content (AvgIpc) is 2.90. The van der Waals surface area contributed by atoms with E-state index in [-0.39, 0.29) is 5.91 Å². The minimum Gasteiger partial charge on any atom is -0.341 e. The first-order valence-corrected chi connectivity index (χ1v) is 6.50. The van der Waals surface area contributed by atoms with Gasteiger partial charge in [-0.1, -0.05) is 6.08 Å². The second-order valence-corrected chi connectivity index (χ2v) is 4.87. The molecule has 0 aliphatic carbocycles. The molecule has 2 aromatic rings. The van der Waals surface area contributed by atoms with Gasteiger partial charge in [0.2, 0.25) is 0 Å². The molecule has 0 fully saturated rings. The van der Waals surface area contributed by atoms with E-state index >= 15 is 0 Å². The van der Waals surface area contributed by atoms with Gasteiger partial charge in [-0.05, 0) is 24.4 Å². The van der Waals surface area contributed by atoms with Crippen molar-refractivity contribution >= 4 is 27.5 Å². The van der Waals surface area contributed by atoms with Gasteiger partial charge in [-0.2, -0.15) is 0 Å². The zero-order chi connectivity index (χ0) is 12.4. The highest BCUT2D eigenvalue weighted by molar-refractivity contribution is 7.17. The van der Waals surface area contributed by atoms with Crippen molar-refractivity contribution in [3.05, 3.63) is 35.9 Å². The quantitative estimate of drug-likeness (QED) is 0.764. The van der Waals surface area contributed by atoms with E-state index in [0.29, 0.717) is 13.1 Å². The lowest BCUT2D eigenvalue weighted by atomic mass is 10.3. The zero-order valence-corrected chi connectivity index (χ0v) is 11.0. The molecule has 3 nitrogen and oxygen atoms in total. The van der Waals surface area contributed by atoms with E-state index in [1.54, 1.807) is 16.2 Å². The number of hydrogen-bond donors (Lipinski definition) is 0. The van der Waals surface area contributed by atoms with Crippen molar-refractivity contribution in [2.75, 3.05) is 13.6 Å². The van der Waals surface area contributed by atoms with Crippen molar-refractivity contribution in [1.82, 2.24) is 9.47 Å². The topological polar surface area (TPSA) is 25.2 Å². The molecule has 2 heterocycles. The minimum atomic E-state index is 0.0674. The molecular formula is C13H16N2OS. The standard InChI is InChI=1S/C13H16N2OS/c1-4-7-15-10-6-8-17-12(10)9-11(15)13(16)14(3)5-2/h4,6,8-9H,1,5,7H2,2-3H3. The zero-order valence-electron chi connectivity index (χ0n) is 10.1. The molecule has 0 atom stereocenters. The number of nitrogens with zero attached hydrogens (tertiary/aromatic N) is 2. The van der Waals surface area contributed by atoms with Crippen LogP contribution in [0.2, 0.25) is 0 Å². The molecular weight excluding hydrogens is 232 g/mol. The second kappa shape index (κ2) is 4.75. The van der Waals surface area contributed by atoms with E-state index in [0.717, 1.165) is 15.9 Å². The highest BCUT2D eigenvalue weighted by Crippen LogP contribution is 2.26. The van der Waals surface area contributed by atoms with Crippen LogP contribution >= 0.6 is 11.3 Å². The Kier molecular flexibility index (Phi) is 3.33. The highest BCUT2D eigenvalue weighted by atomic mass is 32.1. The molecule has 0 aliphatic rings. The third kappa shape index (κ3) is 2.00. The molecule has 2 aromatic heterocycles. The normalized spacial score (nSPS) is 10.7. The molecule has 0 saturated carbocycles.